The second-order valence-corrected chi connectivity index (χ2v) is 3.82. The number of nitrogens with one attached hydrogen (secondary N) is 2. The Morgan fingerprint density at radius 1 is 1.29 bits per heavy atom. The van der Waals surface area contributed by atoms with Gasteiger partial charge in [-0.2, -0.15) is 0 Å². The van der Waals surface area contributed by atoms with Crippen LogP contribution in [0.5, 0.6) is 0 Å². The van der Waals surface area contributed by atoms with Crippen LogP contribution in [0.3, 0.4) is 0 Å². The van der Waals surface area contributed by atoms with Crippen LogP contribution in [0.4, 0.5) is 0 Å². The van der Waals surface area contributed by atoms with Crippen LogP contribution >= 0.6 is 0 Å². The number of aliphatic hydroxyl groups is 2. The summed E-state index contributed by atoms with van der Waals surface area (Å²) in [6, 6.07) is 6.57. The van der Waals surface area contributed by atoms with Crippen LogP contribution in [0.2, 0.25) is 0 Å². The predicted molar refractivity (Wildman–Crippen MR) is 63.7 cm³/mol. The van der Waals surface area contributed by atoms with E-state index in [1.54, 1.807) is 18.3 Å². The normalized spacial score (nSPS) is 11.0. The first-order chi connectivity index (χ1) is 8.24. The van der Waals surface area contributed by atoms with Crippen molar-refractivity contribution in [2.75, 3.05) is 13.2 Å². The highest BCUT2D eigenvalue weighted by Gasteiger charge is 2.12. The zero-order valence-electron chi connectivity index (χ0n) is 9.18. The van der Waals surface area contributed by atoms with Crippen molar-refractivity contribution in [2.24, 2.45) is 0 Å². The van der Waals surface area contributed by atoms with Gasteiger partial charge in [0.1, 0.15) is 0 Å². The van der Waals surface area contributed by atoms with Gasteiger partial charge in [0.2, 0.25) is 0 Å². The number of hydrogen-bond acceptors (Lipinski definition) is 3. The van der Waals surface area contributed by atoms with Gasteiger partial charge in [-0.1, -0.05) is 6.07 Å². The van der Waals surface area contributed by atoms with E-state index in [9.17, 15) is 4.79 Å². The van der Waals surface area contributed by atoms with Crippen molar-refractivity contribution in [3.8, 4) is 0 Å². The van der Waals surface area contributed by atoms with E-state index >= 15 is 0 Å². The van der Waals surface area contributed by atoms with Crippen LogP contribution in [0.25, 0.3) is 10.9 Å². The van der Waals surface area contributed by atoms with Crippen LogP contribution in [-0.4, -0.2) is 40.4 Å². The van der Waals surface area contributed by atoms with Gasteiger partial charge in [-0.15, -0.1) is 0 Å². The maximum absolute atomic E-state index is 11.8. The summed E-state index contributed by atoms with van der Waals surface area (Å²) >= 11 is 0. The fourth-order valence-corrected chi connectivity index (χ4v) is 1.61. The summed E-state index contributed by atoms with van der Waals surface area (Å²) in [4.78, 5) is 14.8. The Kier molecular flexibility index (Phi) is 3.41. The largest absolute Gasteiger partial charge is 0.394 e. The molecule has 0 spiro atoms. The molecule has 0 saturated carbocycles. The smallest absolute Gasteiger partial charge is 0.251 e. The Morgan fingerprint density at radius 2 is 2.06 bits per heavy atom. The molecule has 0 aliphatic carbocycles. The number of carbonyl (C=O) groups excluding carboxylic acids is 1. The molecule has 17 heavy (non-hydrogen) atoms. The van der Waals surface area contributed by atoms with Gasteiger partial charge in [0.05, 0.1) is 19.3 Å². The van der Waals surface area contributed by atoms with E-state index in [0.29, 0.717) is 5.56 Å². The molecule has 2 rings (SSSR count). The molecule has 0 aliphatic heterocycles. The quantitative estimate of drug-likeness (QED) is 0.611. The molecule has 1 aromatic heterocycles. The third-order valence-electron chi connectivity index (χ3n) is 2.59. The molecule has 5 heteroatoms. The molecule has 1 aromatic carbocycles. The van der Waals surface area contributed by atoms with E-state index < -0.39 is 6.04 Å². The van der Waals surface area contributed by atoms with Gasteiger partial charge in [-0.05, 0) is 23.6 Å². The molecule has 0 aliphatic rings. The minimum absolute atomic E-state index is 0.285. The SMILES string of the molecule is O=C(NC(CO)CO)c1ccc2cc[nH]c2c1. The maximum atomic E-state index is 11.8. The number of aromatic nitrogens is 1. The van der Waals surface area contributed by atoms with Gasteiger partial charge >= 0.3 is 0 Å². The van der Waals surface area contributed by atoms with Crippen molar-refractivity contribution < 1.29 is 15.0 Å². The number of rotatable bonds is 4. The first-order valence-corrected chi connectivity index (χ1v) is 5.34. The highest BCUT2D eigenvalue weighted by Crippen LogP contribution is 2.14. The van der Waals surface area contributed by atoms with Gasteiger partial charge in [-0.3, -0.25) is 4.79 Å². The summed E-state index contributed by atoms with van der Waals surface area (Å²) in [6.07, 6.45) is 1.80. The molecule has 4 N–H and O–H groups in total. The van der Waals surface area contributed by atoms with Crippen LogP contribution < -0.4 is 5.32 Å². The number of hydrogen-bond donors (Lipinski definition) is 4. The molecular weight excluding hydrogens is 220 g/mol. The van der Waals surface area contributed by atoms with Crippen LogP contribution in [0, 0.1) is 0 Å². The molecule has 1 amide bonds. The highest BCUT2D eigenvalue weighted by molar-refractivity contribution is 5.98. The highest BCUT2D eigenvalue weighted by atomic mass is 16.3. The monoisotopic (exact) mass is 234 g/mol. The van der Waals surface area contributed by atoms with Crippen LogP contribution in [0.1, 0.15) is 10.4 Å². The van der Waals surface area contributed by atoms with Gasteiger partial charge in [0, 0.05) is 17.3 Å². The van der Waals surface area contributed by atoms with E-state index in [1.807, 2.05) is 12.1 Å². The number of amides is 1. The average molecular weight is 234 g/mol. The van der Waals surface area contributed by atoms with Gasteiger partial charge < -0.3 is 20.5 Å². The van der Waals surface area contributed by atoms with Gasteiger partial charge in [0.25, 0.3) is 5.91 Å². The summed E-state index contributed by atoms with van der Waals surface area (Å²) in [7, 11) is 0. The third kappa shape index (κ3) is 2.46. The standard InChI is InChI=1S/C12H14N2O3/c15-6-10(7-16)14-12(17)9-2-1-8-3-4-13-11(8)5-9/h1-5,10,13,15-16H,6-7H2,(H,14,17). The lowest BCUT2D eigenvalue weighted by molar-refractivity contribution is 0.0879. The molecular formula is C12H14N2O3. The fourth-order valence-electron chi connectivity index (χ4n) is 1.61. The molecule has 0 bridgehead atoms. The zero-order valence-corrected chi connectivity index (χ0v) is 9.18. The summed E-state index contributed by atoms with van der Waals surface area (Å²) in [5.74, 6) is -0.311. The van der Waals surface area contributed by atoms with Crippen molar-refractivity contribution in [3.05, 3.63) is 36.0 Å². The van der Waals surface area contributed by atoms with E-state index in [2.05, 4.69) is 10.3 Å². The lowest BCUT2D eigenvalue weighted by Crippen LogP contribution is -2.40. The summed E-state index contributed by atoms with van der Waals surface area (Å²) in [5, 5.41) is 21.3. The van der Waals surface area contributed by atoms with E-state index in [4.69, 9.17) is 10.2 Å². The lowest BCUT2D eigenvalue weighted by Gasteiger charge is -2.13. The Morgan fingerprint density at radius 3 is 2.76 bits per heavy atom. The number of benzene rings is 1. The molecule has 2 aromatic rings. The minimum atomic E-state index is -0.623. The third-order valence-corrected chi connectivity index (χ3v) is 2.59. The van der Waals surface area contributed by atoms with Crippen molar-refractivity contribution in [1.82, 2.24) is 10.3 Å². The Hall–Kier alpha value is -1.85. The number of aliphatic hydroxyl groups excluding tert-OH is 2. The number of fused-ring (bicyclic) bond motifs is 1. The van der Waals surface area contributed by atoms with Crippen LogP contribution in [-0.2, 0) is 0 Å². The summed E-state index contributed by atoms with van der Waals surface area (Å²) < 4.78 is 0. The van der Waals surface area contributed by atoms with Gasteiger partial charge in [0.15, 0.2) is 0 Å². The molecule has 0 atom stereocenters. The number of aromatic amines is 1. The molecule has 0 unspecified atom stereocenters. The predicted octanol–water partition coefficient (Wildman–Crippen LogP) is 0.251. The minimum Gasteiger partial charge on any atom is -0.394 e. The summed E-state index contributed by atoms with van der Waals surface area (Å²) in [5.41, 5.74) is 1.37. The molecule has 0 radical (unpaired) electrons. The molecule has 1 heterocycles. The summed E-state index contributed by atoms with van der Waals surface area (Å²) in [6.45, 7) is -0.569. The lowest BCUT2D eigenvalue weighted by atomic mass is 10.1. The number of carbonyl (C=O) groups is 1. The van der Waals surface area contributed by atoms with Crippen molar-refractivity contribution in [3.63, 3.8) is 0 Å². The molecule has 0 fully saturated rings. The molecule has 0 saturated heterocycles. The molecule has 90 valence electrons. The Labute approximate surface area is 98.1 Å². The van der Waals surface area contributed by atoms with Crippen molar-refractivity contribution >= 4 is 16.8 Å². The van der Waals surface area contributed by atoms with Gasteiger partial charge in [-0.25, -0.2) is 0 Å². The van der Waals surface area contributed by atoms with Crippen molar-refractivity contribution in [1.29, 1.82) is 0 Å². The van der Waals surface area contributed by atoms with E-state index in [0.717, 1.165) is 10.9 Å². The average Bonchev–Trinajstić information content (AvgIpc) is 2.82. The fraction of sp³-hybridized carbons (Fsp3) is 0.250. The van der Waals surface area contributed by atoms with E-state index in [1.165, 1.54) is 0 Å². The van der Waals surface area contributed by atoms with Crippen molar-refractivity contribution in [2.45, 2.75) is 6.04 Å². The second-order valence-electron chi connectivity index (χ2n) is 3.82. The second kappa shape index (κ2) is 4.99. The topological polar surface area (TPSA) is 85.3 Å². The number of H-pyrrole nitrogens is 1. The first-order valence-electron chi connectivity index (χ1n) is 5.34. The molecule has 5 nitrogen and oxygen atoms in total. The Balaban J connectivity index is 2.18. The maximum Gasteiger partial charge on any atom is 0.251 e. The van der Waals surface area contributed by atoms with Crippen LogP contribution in [0.15, 0.2) is 30.5 Å². The first kappa shape index (κ1) is 11.6. The zero-order chi connectivity index (χ0) is 12.3. The Bertz CT molecular complexity index is 517. The van der Waals surface area contributed by atoms with E-state index in [-0.39, 0.29) is 19.1 Å².